The van der Waals surface area contributed by atoms with E-state index in [0.717, 1.165) is 0 Å². The minimum atomic E-state index is -0.972. The number of aliphatic carboxylic acids is 1. The molecule has 25 heavy (non-hydrogen) atoms. The Morgan fingerprint density at radius 1 is 1.12 bits per heavy atom. The van der Waals surface area contributed by atoms with Gasteiger partial charge in [-0.05, 0) is 42.0 Å². The molecule has 0 fully saturated rings. The molecule has 132 valence electrons. The second-order valence-electron chi connectivity index (χ2n) is 5.73. The fraction of sp³-hybridized carbons (Fsp3) is 0.222. The van der Waals surface area contributed by atoms with Crippen molar-refractivity contribution in [2.45, 2.75) is 20.3 Å². The van der Waals surface area contributed by atoms with Gasteiger partial charge in [0.25, 0.3) is 0 Å². The SMILES string of the molecule is CC(C)C(=O)Nc1ccc(Oc2c(Cl)cc(CC(=O)O)cc2Cl)cc1. The zero-order chi connectivity index (χ0) is 18.6. The standard InChI is InChI=1S/C18H17Cl2NO4/c1-10(2)18(24)21-12-3-5-13(6-4-12)25-17-14(19)7-11(8-15(17)20)9-16(22)23/h3-8,10H,9H2,1-2H3,(H,21,24)(H,22,23). The fourth-order valence-electron chi connectivity index (χ4n) is 2.00. The van der Waals surface area contributed by atoms with Gasteiger partial charge in [0.05, 0.1) is 16.5 Å². The Morgan fingerprint density at radius 3 is 2.16 bits per heavy atom. The highest BCUT2D eigenvalue weighted by molar-refractivity contribution is 6.37. The topological polar surface area (TPSA) is 75.6 Å². The van der Waals surface area contributed by atoms with E-state index in [0.29, 0.717) is 17.0 Å². The molecule has 0 saturated carbocycles. The number of carboxylic acids is 1. The molecule has 1 amide bonds. The Labute approximate surface area is 155 Å². The molecule has 0 heterocycles. The molecule has 0 unspecified atom stereocenters. The van der Waals surface area contributed by atoms with Crippen LogP contribution in [0.3, 0.4) is 0 Å². The molecule has 0 aliphatic carbocycles. The van der Waals surface area contributed by atoms with Gasteiger partial charge in [0.15, 0.2) is 5.75 Å². The third kappa shape index (κ3) is 5.37. The lowest BCUT2D eigenvalue weighted by molar-refractivity contribution is -0.136. The van der Waals surface area contributed by atoms with Crippen LogP contribution >= 0.6 is 23.2 Å². The first-order chi connectivity index (χ1) is 11.8. The van der Waals surface area contributed by atoms with Crippen LogP contribution in [0.25, 0.3) is 0 Å². The predicted octanol–water partition coefficient (Wildman–Crippen LogP) is 5.01. The van der Waals surface area contributed by atoms with Crippen molar-refractivity contribution in [2.75, 3.05) is 5.32 Å². The Morgan fingerprint density at radius 2 is 1.68 bits per heavy atom. The van der Waals surface area contributed by atoms with Crippen LogP contribution in [0, 0.1) is 5.92 Å². The molecule has 0 aliphatic rings. The molecule has 0 aromatic heterocycles. The number of benzene rings is 2. The Kier molecular flexibility index (Phi) is 6.28. The predicted molar refractivity (Wildman–Crippen MR) is 97.8 cm³/mol. The first kappa shape index (κ1) is 19.1. The van der Waals surface area contributed by atoms with Crippen LogP contribution < -0.4 is 10.1 Å². The highest BCUT2D eigenvalue weighted by Gasteiger charge is 2.13. The summed E-state index contributed by atoms with van der Waals surface area (Å²) in [5, 5.41) is 12.1. The van der Waals surface area contributed by atoms with E-state index in [1.54, 1.807) is 24.3 Å². The number of anilines is 1. The van der Waals surface area contributed by atoms with Crippen molar-refractivity contribution in [1.82, 2.24) is 0 Å². The molecular weight excluding hydrogens is 365 g/mol. The van der Waals surface area contributed by atoms with Crippen LogP contribution in [-0.4, -0.2) is 17.0 Å². The van der Waals surface area contributed by atoms with Gasteiger partial charge in [-0.3, -0.25) is 9.59 Å². The number of nitrogens with one attached hydrogen (secondary N) is 1. The highest BCUT2D eigenvalue weighted by atomic mass is 35.5. The van der Waals surface area contributed by atoms with Crippen LogP contribution in [0.15, 0.2) is 36.4 Å². The minimum Gasteiger partial charge on any atom is -0.481 e. The molecule has 2 rings (SSSR count). The number of halogens is 2. The van der Waals surface area contributed by atoms with Crippen molar-refractivity contribution in [3.8, 4) is 11.5 Å². The summed E-state index contributed by atoms with van der Waals surface area (Å²) in [5.74, 6) is -0.430. The Balaban J connectivity index is 2.14. The summed E-state index contributed by atoms with van der Waals surface area (Å²) in [6.45, 7) is 3.62. The number of rotatable bonds is 6. The number of carbonyl (C=O) groups is 2. The van der Waals surface area contributed by atoms with Gasteiger partial charge in [0.2, 0.25) is 5.91 Å². The van der Waals surface area contributed by atoms with E-state index in [1.165, 1.54) is 12.1 Å². The lowest BCUT2D eigenvalue weighted by atomic mass is 10.1. The van der Waals surface area contributed by atoms with Gasteiger partial charge >= 0.3 is 5.97 Å². The van der Waals surface area contributed by atoms with E-state index in [4.69, 9.17) is 33.0 Å². The summed E-state index contributed by atoms with van der Waals surface area (Å²) in [4.78, 5) is 22.4. The molecule has 0 radical (unpaired) electrons. The van der Waals surface area contributed by atoms with Crippen LogP contribution in [0.2, 0.25) is 10.0 Å². The first-order valence-electron chi connectivity index (χ1n) is 7.54. The molecule has 2 aromatic rings. The summed E-state index contributed by atoms with van der Waals surface area (Å²) in [6, 6.07) is 9.77. The maximum Gasteiger partial charge on any atom is 0.307 e. The Bertz CT molecular complexity index is 765. The molecule has 0 spiro atoms. The van der Waals surface area contributed by atoms with Crippen LogP contribution in [-0.2, 0) is 16.0 Å². The average molecular weight is 382 g/mol. The molecule has 2 aromatic carbocycles. The Hall–Kier alpha value is -2.24. The van der Waals surface area contributed by atoms with Gasteiger partial charge < -0.3 is 15.2 Å². The zero-order valence-corrected chi connectivity index (χ0v) is 15.2. The zero-order valence-electron chi connectivity index (χ0n) is 13.7. The molecule has 0 bridgehead atoms. The smallest absolute Gasteiger partial charge is 0.307 e. The summed E-state index contributed by atoms with van der Waals surface area (Å²) >= 11 is 12.3. The first-order valence-corrected chi connectivity index (χ1v) is 8.30. The van der Waals surface area contributed by atoms with E-state index in [2.05, 4.69) is 5.32 Å². The summed E-state index contributed by atoms with van der Waals surface area (Å²) in [5.41, 5.74) is 1.14. The molecule has 0 saturated heterocycles. The van der Waals surface area contributed by atoms with Gasteiger partial charge in [-0.1, -0.05) is 37.0 Å². The van der Waals surface area contributed by atoms with E-state index < -0.39 is 5.97 Å². The van der Waals surface area contributed by atoms with Crippen molar-refractivity contribution in [2.24, 2.45) is 5.92 Å². The highest BCUT2D eigenvalue weighted by Crippen LogP contribution is 2.37. The number of hydrogen-bond donors (Lipinski definition) is 2. The second kappa shape index (κ2) is 8.23. The van der Waals surface area contributed by atoms with Crippen molar-refractivity contribution in [3.05, 3.63) is 52.0 Å². The maximum absolute atomic E-state index is 11.7. The lowest BCUT2D eigenvalue weighted by Gasteiger charge is -2.12. The molecular formula is C18H17Cl2NO4. The van der Waals surface area contributed by atoms with Gasteiger partial charge in [0.1, 0.15) is 5.75 Å². The van der Waals surface area contributed by atoms with Crippen molar-refractivity contribution >= 4 is 40.8 Å². The van der Waals surface area contributed by atoms with E-state index in [9.17, 15) is 9.59 Å². The number of amides is 1. The quantitative estimate of drug-likeness (QED) is 0.737. The molecule has 5 nitrogen and oxygen atoms in total. The molecule has 2 N–H and O–H groups in total. The van der Waals surface area contributed by atoms with E-state index in [1.807, 2.05) is 13.8 Å². The number of carboxylic acid groups (broad SMARTS) is 1. The van der Waals surface area contributed by atoms with Crippen molar-refractivity contribution in [3.63, 3.8) is 0 Å². The van der Waals surface area contributed by atoms with Gasteiger partial charge in [-0.15, -0.1) is 0 Å². The molecule has 0 aliphatic heterocycles. The summed E-state index contributed by atoms with van der Waals surface area (Å²) < 4.78 is 5.68. The number of ether oxygens (including phenoxy) is 1. The number of carbonyl (C=O) groups excluding carboxylic acids is 1. The third-order valence-corrected chi connectivity index (χ3v) is 3.84. The van der Waals surface area contributed by atoms with Crippen LogP contribution in [0.1, 0.15) is 19.4 Å². The normalized spacial score (nSPS) is 10.6. The minimum absolute atomic E-state index is 0.0752. The van der Waals surface area contributed by atoms with Gasteiger partial charge in [-0.25, -0.2) is 0 Å². The maximum atomic E-state index is 11.7. The molecule has 7 heteroatoms. The monoisotopic (exact) mass is 381 g/mol. The van der Waals surface area contributed by atoms with Gasteiger partial charge in [-0.2, -0.15) is 0 Å². The largest absolute Gasteiger partial charge is 0.481 e. The van der Waals surface area contributed by atoms with Crippen molar-refractivity contribution in [1.29, 1.82) is 0 Å². The number of hydrogen-bond acceptors (Lipinski definition) is 3. The lowest BCUT2D eigenvalue weighted by Crippen LogP contribution is -2.17. The second-order valence-corrected chi connectivity index (χ2v) is 6.54. The molecule has 0 atom stereocenters. The van der Waals surface area contributed by atoms with Crippen LogP contribution in [0.4, 0.5) is 5.69 Å². The average Bonchev–Trinajstić information content (AvgIpc) is 2.51. The fourth-order valence-corrected chi connectivity index (χ4v) is 2.61. The van der Waals surface area contributed by atoms with E-state index >= 15 is 0 Å². The van der Waals surface area contributed by atoms with E-state index in [-0.39, 0.29) is 34.0 Å². The summed E-state index contributed by atoms with van der Waals surface area (Å²) in [6.07, 6.45) is -0.177. The third-order valence-electron chi connectivity index (χ3n) is 3.28. The van der Waals surface area contributed by atoms with Crippen LogP contribution in [0.5, 0.6) is 11.5 Å². The van der Waals surface area contributed by atoms with Crippen molar-refractivity contribution < 1.29 is 19.4 Å². The van der Waals surface area contributed by atoms with Gasteiger partial charge in [0, 0.05) is 11.6 Å². The summed E-state index contributed by atoms with van der Waals surface area (Å²) in [7, 11) is 0.